The van der Waals surface area contributed by atoms with Gasteiger partial charge in [0.2, 0.25) is 0 Å². The van der Waals surface area contributed by atoms with Crippen molar-refractivity contribution in [1.29, 1.82) is 0 Å². The number of fused-ring (bicyclic) bond motifs is 1. The number of nitrogens with one attached hydrogen (secondary N) is 1. The van der Waals surface area contributed by atoms with Crippen LogP contribution in [0.1, 0.15) is 16.2 Å². The molecule has 2 heterocycles. The summed E-state index contributed by atoms with van der Waals surface area (Å²) >= 11 is 0. The molecule has 1 aliphatic rings. The predicted molar refractivity (Wildman–Crippen MR) is 106 cm³/mol. The van der Waals surface area contributed by atoms with Crippen LogP contribution in [0.3, 0.4) is 0 Å². The Bertz CT molecular complexity index is 1050. The second-order valence-corrected chi connectivity index (χ2v) is 6.64. The Labute approximate surface area is 172 Å². The minimum absolute atomic E-state index is 0.0623. The van der Waals surface area contributed by atoms with E-state index in [2.05, 4.69) is 15.5 Å². The number of carbonyl (C=O) groups is 2. The van der Waals surface area contributed by atoms with Crippen molar-refractivity contribution in [3.8, 4) is 17.2 Å². The number of para-hydroxylation sites is 3. The third-order valence-electron chi connectivity index (χ3n) is 4.39. The molecule has 1 aliphatic heterocycles. The van der Waals surface area contributed by atoms with Crippen LogP contribution in [-0.2, 0) is 9.53 Å². The molecule has 9 nitrogen and oxygen atoms in total. The molecule has 0 fully saturated rings. The van der Waals surface area contributed by atoms with Crippen LogP contribution < -0.4 is 14.8 Å². The van der Waals surface area contributed by atoms with Crippen molar-refractivity contribution in [3.05, 3.63) is 66.0 Å². The van der Waals surface area contributed by atoms with Crippen molar-refractivity contribution in [2.75, 3.05) is 19.8 Å². The van der Waals surface area contributed by atoms with Gasteiger partial charge in [-0.25, -0.2) is 4.79 Å². The fraction of sp³-hybridized carbons (Fsp3) is 0.238. The number of esters is 1. The summed E-state index contributed by atoms with van der Waals surface area (Å²) in [7, 11) is 0. The van der Waals surface area contributed by atoms with E-state index in [4.69, 9.17) is 14.2 Å². The molecule has 0 unspecified atom stereocenters. The number of amides is 1. The molecule has 0 saturated carbocycles. The summed E-state index contributed by atoms with van der Waals surface area (Å²) in [6, 6.07) is 16.5. The zero-order valence-electron chi connectivity index (χ0n) is 16.3. The number of aromatic nitrogens is 3. The van der Waals surface area contributed by atoms with E-state index >= 15 is 0 Å². The number of carbonyl (C=O) groups excluding carboxylic acids is 2. The number of rotatable bonds is 6. The molecular formula is C21H20N4O5. The number of nitrogens with zero attached hydrogens (tertiary/aromatic N) is 3. The Balaban J connectivity index is 1.26. The molecule has 9 heteroatoms. The van der Waals surface area contributed by atoms with Crippen LogP contribution in [0, 0.1) is 6.92 Å². The average molecular weight is 408 g/mol. The summed E-state index contributed by atoms with van der Waals surface area (Å²) in [5, 5.41) is 11.1. The Morgan fingerprint density at radius 1 is 1.10 bits per heavy atom. The Hall–Kier alpha value is -3.88. The number of hydrogen-bond donors (Lipinski definition) is 1. The van der Waals surface area contributed by atoms with E-state index in [1.165, 1.54) is 4.80 Å². The van der Waals surface area contributed by atoms with Gasteiger partial charge in [0.15, 0.2) is 23.8 Å². The fourth-order valence-electron chi connectivity index (χ4n) is 2.89. The van der Waals surface area contributed by atoms with Crippen LogP contribution in [-0.4, -0.2) is 52.7 Å². The molecule has 0 saturated heterocycles. The normalized spacial score (nSPS) is 14.8. The van der Waals surface area contributed by atoms with Crippen molar-refractivity contribution < 1.29 is 23.8 Å². The van der Waals surface area contributed by atoms with Crippen LogP contribution in [0.5, 0.6) is 11.5 Å². The first-order chi connectivity index (χ1) is 14.6. The molecule has 0 spiro atoms. The van der Waals surface area contributed by atoms with Crippen LogP contribution in [0.25, 0.3) is 5.69 Å². The van der Waals surface area contributed by atoms with Crippen LogP contribution in [0.15, 0.2) is 54.6 Å². The van der Waals surface area contributed by atoms with Gasteiger partial charge in [-0.3, -0.25) is 4.79 Å². The average Bonchev–Trinajstić information content (AvgIpc) is 3.18. The van der Waals surface area contributed by atoms with Gasteiger partial charge in [-0.2, -0.15) is 9.90 Å². The number of ether oxygens (including phenoxy) is 3. The summed E-state index contributed by atoms with van der Waals surface area (Å²) in [4.78, 5) is 25.7. The zero-order valence-corrected chi connectivity index (χ0v) is 16.3. The molecule has 1 aromatic heterocycles. The Morgan fingerprint density at radius 2 is 1.83 bits per heavy atom. The minimum Gasteiger partial charge on any atom is -0.486 e. The van der Waals surface area contributed by atoms with E-state index < -0.39 is 18.5 Å². The van der Waals surface area contributed by atoms with E-state index in [1.807, 2.05) is 48.5 Å². The van der Waals surface area contributed by atoms with E-state index in [0.717, 1.165) is 0 Å². The van der Waals surface area contributed by atoms with Gasteiger partial charge in [-0.15, -0.1) is 5.10 Å². The van der Waals surface area contributed by atoms with Crippen LogP contribution in [0.4, 0.5) is 0 Å². The van der Waals surface area contributed by atoms with Gasteiger partial charge in [-0.05, 0) is 31.2 Å². The topological polar surface area (TPSA) is 105 Å². The van der Waals surface area contributed by atoms with E-state index in [9.17, 15) is 9.59 Å². The number of aryl methyl sites for hydroxylation is 1. The van der Waals surface area contributed by atoms with E-state index in [-0.39, 0.29) is 18.3 Å². The predicted octanol–water partition coefficient (Wildman–Crippen LogP) is 1.69. The SMILES string of the molecule is Cc1nn(-c2ccccc2)nc1C(=O)OCC(=O)NC[C@@H]1COc2ccccc2O1. The summed E-state index contributed by atoms with van der Waals surface area (Å²) < 4.78 is 16.4. The minimum atomic E-state index is -0.712. The maximum Gasteiger partial charge on any atom is 0.361 e. The molecule has 4 rings (SSSR count). The largest absolute Gasteiger partial charge is 0.486 e. The summed E-state index contributed by atoms with van der Waals surface area (Å²) in [6.45, 7) is 1.77. The second-order valence-electron chi connectivity index (χ2n) is 6.64. The molecule has 1 amide bonds. The van der Waals surface area contributed by atoms with Crippen molar-refractivity contribution >= 4 is 11.9 Å². The molecule has 2 aromatic carbocycles. The first-order valence-corrected chi connectivity index (χ1v) is 9.42. The molecule has 1 N–H and O–H groups in total. The van der Waals surface area contributed by atoms with Crippen LogP contribution >= 0.6 is 0 Å². The van der Waals surface area contributed by atoms with Crippen molar-refractivity contribution in [3.63, 3.8) is 0 Å². The number of benzene rings is 2. The summed E-state index contributed by atoms with van der Waals surface area (Å²) in [5.41, 5.74) is 1.19. The maximum atomic E-state index is 12.3. The van der Waals surface area contributed by atoms with Gasteiger partial charge in [0.05, 0.1) is 17.9 Å². The smallest absolute Gasteiger partial charge is 0.361 e. The van der Waals surface area contributed by atoms with E-state index in [0.29, 0.717) is 29.5 Å². The molecule has 154 valence electrons. The highest BCUT2D eigenvalue weighted by atomic mass is 16.6. The molecule has 0 radical (unpaired) electrons. The molecule has 0 bridgehead atoms. The molecule has 1 atom stereocenters. The third kappa shape index (κ3) is 4.40. The molecule has 3 aromatic rings. The summed E-state index contributed by atoms with van der Waals surface area (Å²) in [6.07, 6.45) is -0.326. The van der Waals surface area contributed by atoms with Gasteiger partial charge in [0.1, 0.15) is 12.7 Å². The van der Waals surface area contributed by atoms with E-state index in [1.54, 1.807) is 13.0 Å². The monoisotopic (exact) mass is 408 g/mol. The third-order valence-corrected chi connectivity index (χ3v) is 4.39. The lowest BCUT2D eigenvalue weighted by Crippen LogP contribution is -2.42. The standard InChI is InChI=1S/C21H20N4O5/c1-14-20(24-25(23-14)15-7-3-2-4-8-15)21(27)29-13-19(26)22-11-16-12-28-17-9-5-6-10-18(17)30-16/h2-10,16H,11-13H2,1H3,(H,22,26)/t16-/m1/s1. The lowest BCUT2D eigenvalue weighted by molar-refractivity contribution is -0.124. The summed E-state index contributed by atoms with van der Waals surface area (Å²) in [5.74, 6) is 0.147. The van der Waals surface area contributed by atoms with Crippen molar-refractivity contribution in [2.45, 2.75) is 13.0 Å². The van der Waals surface area contributed by atoms with Gasteiger partial charge >= 0.3 is 5.97 Å². The highest BCUT2D eigenvalue weighted by Crippen LogP contribution is 2.30. The quantitative estimate of drug-likeness (QED) is 0.619. The molecule has 30 heavy (non-hydrogen) atoms. The number of hydrogen-bond acceptors (Lipinski definition) is 7. The second kappa shape index (κ2) is 8.64. The maximum absolute atomic E-state index is 12.3. The highest BCUT2D eigenvalue weighted by Gasteiger charge is 2.22. The lowest BCUT2D eigenvalue weighted by Gasteiger charge is -2.26. The van der Waals surface area contributed by atoms with Gasteiger partial charge in [0, 0.05) is 0 Å². The van der Waals surface area contributed by atoms with Gasteiger partial charge in [-0.1, -0.05) is 30.3 Å². The zero-order chi connectivity index (χ0) is 20.9. The van der Waals surface area contributed by atoms with Gasteiger partial charge < -0.3 is 19.5 Å². The van der Waals surface area contributed by atoms with Crippen LogP contribution in [0.2, 0.25) is 0 Å². The van der Waals surface area contributed by atoms with Crippen molar-refractivity contribution in [1.82, 2.24) is 20.3 Å². The van der Waals surface area contributed by atoms with Gasteiger partial charge in [0.25, 0.3) is 5.91 Å². The first-order valence-electron chi connectivity index (χ1n) is 9.42. The van der Waals surface area contributed by atoms with Crippen molar-refractivity contribution in [2.24, 2.45) is 0 Å². The Kier molecular flexibility index (Phi) is 5.60. The Morgan fingerprint density at radius 3 is 2.63 bits per heavy atom. The first kappa shape index (κ1) is 19.4. The highest BCUT2D eigenvalue weighted by molar-refractivity contribution is 5.90. The molecular weight excluding hydrogens is 388 g/mol. The molecule has 0 aliphatic carbocycles. The fourth-order valence-corrected chi connectivity index (χ4v) is 2.89. The lowest BCUT2D eigenvalue weighted by atomic mass is 10.2.